The Kier molecular flexibility index (Phi) is 5.63. The van der Waals surface area contributed by atoms with Crippen LogP contribution in [0.15, 0.2) is 18.2 Å². The zero-order valence-electron chi connectivity index (χ0n) is 19.0. The summed E-state index contributed by atoms with van der Waals surface area (Å²) >= 11 is 7.81. The second kappa shape index (κ2) is 7.85. The Morgan fingerprint density at radius 1 is 1.39 bits per heavy atom. The van der Waals surface area contributed by atoms with Gasteiger partial charge in [-0.2, -0.15) is 0 Å². The molecule has 168 valence electrons. The molecule has 2 aliphatic rings. The number of halogens is 1. The van der Waals surface area contributed by atoms with E-state index in [1.165, 1.54) is 0 Å². The Bertz CT molecular complexity index is 998. The second-order valence-electron chi connectivity index (χ2n) is 9.90. The number of thiazole rings is 1. The first-order chi connectivity index (χ1) is 14.4. The molecule has 6 nitrogen and oxygen atoms in total. The van der Waals surface area contributed by atoms with E-state index in [9.17, 15) is 4.79 Å². The summed E-state index contributed by atoms with van der Waals surface area (Å²) in [6.45, 7) is 11.0. The highest BCUT2D eigenvalue weighted by Gasteiger charge is 2.41. The average molecular weight is 464 g/mol. The number of carbonyl (C=O) groups excluding carboxylic acids is 1. The molecule has 8 heteroatoms. The van der Waals surface area contributed by atoms with E-state index in [0.29, 0.717) is 18.2 Å². The van der Waals surface area contributed by atoms with Crippen LogP contribution in [0.3, 0.4) is 0 Å². The van der Waals surface area contributed by atoms with Crippen molar-refractivity contribution in [3.63, 3.8) is 0 Å². The van der Waals surface area contributed by atoms with Crippen molar-refractivity contribution in [2.24, 2.45) is 0 Å². The Labute approximate surface area is 193 Å². The number of hydrogen-bond donors (Lipinski definition) is 0. The molecular formula is C23H30ClN3O3S. The third kappa shape index (κ3) is 4.48. The van der Waals surface area contributed by atoms with Crippen molar-refractivity contribution in [2.75, 3.05) is 18.5 Å². The number of piperidine rings is 1. The van der Waals surface area contributed by atoms with Gasteiger partial charge in [-0.05, 0) is 65.7 Å². The molecule has 0 N–H and O–H groups in total. The summed E-state index contributed by atoms with van der Waals surface area (Å²) in [5.74, 6) is 0.810. The summed E-state index contributed by atoms with van der Waals surface area (Å²) < 4.78 is 11.5. The minimum atomic E-state index is -0.497. The molecule has 4 rings (SSSR count). The number of rotatable bonds is 2. The van der Waals surface area contributed by atoms with Crippen molar-refractivity contribution in [1.29, 1.82) is 0 Å². The largest absolute Gasteiger partial charge is 0.487 e. The number of amides is 1. The van der Waals surface area contributed by atoms with Crippen LogP contribution in [0.4, 0.5) is 9.93 Å². The summed E-state index contributed by atoms with van der Waals surface area (Å²) in [7, 11) is 2.10. The van der Waals surface area contributed by atoms with Crippen molar-refractivity contribution in [2.45, 2.75) is 71.2 Å². The molecule has 1 saturated heterocycles. The second-order valence-corrected chi connectivity index (χ2v) is 11.3. The number of anilines is 1. The van der Waals surface area contributed by atoms with E-state index in [2.05, 4.69) is 25.8 Å². The van der Waals surface area contributed by atoms with Crippen molar-refractivity contribution < 1.29 is 14.3 Å². The zero-order chi connectivity index (χ0) is 22.6. The van der Waals surface area contributed by atoms with Crippen molar-refractivity contribution in [1.82, 2.24) is 9.88 Å². The van der Waals surface area contributed by atoms with E-state index >= 15 is 0 Å². The summed E-state index contributed by atoms with van der Waals surface area (Å²) in [6, 6.07) is 6.03. The van der Waals surface area contributed by atoms with Gasteiger partial charge in [0, 0.05) is 35.8 Å². The summed E-state index contributed by atoms with van der Waals surface area (Å²) in [5, 5.41) is 1.64. The van der Waals surface area contributed by atoms with E-state index in [0.717, 1.165) is 39.9 Å². The number of carbonyl (C=O) groups is 1. The molecule has 0 bridgehead atoms. The molecule has 2 aliphatic heterocycles. The molecule has 31 heavy (non-hydrogen) atoms. The van der Waals surface area contributed by atoms with E-state index in [4.69, 9.17) is 26.1 Å². The smallest absolute Gasteiger partial charge is 0.410 e. The van der Waals surface area contributed by atoms with E-state index in [-0.39, 0.29) is 17.7 Å². The standard InChI is InChI=1S/C23H30ClN3O3S/c1-22(2,3)30-21(28)27-10-9-15(12-23(27,4)5)26(6)20-25-17-13-29-18-11-14(24)7-8-16(18)19(17)31-20/h7-8,11,15H,9-10,12-13H2,1-6H3. The van der Waals surface area contributed by atoms with Gasteiger partial charge >= 0.3 is 6.09 Å². The molecular weight excluding hydrogens is 434 g/mol. The molecule has 0 aliphatic carbocycles. The minimum absolute atomic E-state index is 0.240. The molecule has 0 spiro atoms. The maximum absolute atomic E-state index is 12.7. The van der Waals surface area contributed by atoms with Gasteiger partial charge in [-0.3, -0.25) is 0 Å². The van der Waals surface area contributed by atoms with Crippen LogP contribution in [0.2, 0.25) is 5.02 Å². The quantitative estimate of drug-likeness (QED) is 0.549. The van der Waals surface area contributed by atoms with Crippen LogP contribution in [0.25, 0.3) is 10.4 Å². The number of likely N-dealkylation sites (tertiary alicyclic amines) is 1. The van der Waals surface area contributed by atoms with Crippen molar-refractivity contribution in [3.05, 3.63) is 28.9 Å². The first kappa shape index (κ1) is 22.2. The van der Waals surface area contributed by atoms with Crippen LogP contribution in [0.1, 0.15) is 53.2 Å². The van der Waals surface area contributed by atoms with Gasteiger partial charge in [0.2, 0.25) is 0 Å². The highest BCUT2D eigenvalue weighted by Crippen LogP contribution is 2.45. The number of ether oxygens (including phenoxy) is 2. The minimum Gasteiger partial charge on any atom is -0.487 e. The maximum Gasteiger partial charge on any atom is 0.410 e. The molecule has 1 aromatic carbocycles. The predicted molar refractivity (Wildman–Crippen MR) is 125 cm³/mol. The third-order valence-electron chi connectivity index (χ3n) is 5.85. The number of fused-ring (bicyclic) bond motifs is 3. The summed E-state index contributed by atoms with van der Waals surface area (Å²) in [4.78, 5) is 22.8. The lowest BCUT2D eigenvalue weighted by Gasteiger charge is -2.47. The average Bonchev–Trinajstić information content (AvgIpc) is 3.09. The van der Waals surface area contributed by atoms with Gasteiger partial charge in [0.15, 0.2) is 5.13 Å². The van der Waals surface area contributed by atoms with Gasteiger partial charge < -0.3 is 19.3 Å². The summed E-state index contributed by atoms with van der Waals surface area (Å²) in [6.07, 6.45) is 1.47. The zero-order valence-corrected chi connectivity index (χ0v) is 20.6. The normalized spacial score (nSPS) is 19.8. The Hall–Kier alpha value is -1.99. The topological polar surface area (TPSA) is 54.9 Å². The van der Waals surface area contributed by atoms with Crippen LogP contribution in [-0.2, 0) is 11.3 Å². The van der Waals surface area contributed by atoms with Crippen molar-refractivity contribution >= 4 is 34.2 Å². The van der Waals surface area contributed by atoms with E-state index < -0.39 is 5.60 Å². The predicted octanol–water partition coefficient (Wildman–Crippen LogP) is 5.97. The molecule has 0 saturated carbocycles. The molecule has 1 amide bonds. The molecule has 0 radical (unpaired) electrons. The lowest BCUT2D eigenvalue weighted by molar-refractivity contribution is -0.00908. The molecule has 1 fully saturated rings. The monoisotopic (exact) mass is 463 g/mol. The Morgan fingerprint density at radius 2 is 2.13 bits per heavy atom. The third-order valence-corrected chi connectivity index (χ3v) is 7.31. The molecule has 3 heterocycles. The van der Waals surface area contributed by atoms with E-state index in [1.807, 2.05) is 43.9 Å². The number of hydrogen-bond acceptors (Lipinski definition) is 6. The maximum atomic E-state index is 12.7. The van der Waals surface area contributed by atoms with Gasteiger partial charge in [-0.25, -0.2) is 9.78 Å². The van der Waals surface area contributed by atoms with Crippen LogP contribution >= 0.6 is 22.9 Å². The number of benzene rings is 1. The fraction of sp³-hybridized carbons (Fsp3) is 0.565. The Balaban J connectivity index is 1.51. The first-order valence-electron chi connectivity index (χ1n) is 10.6. The van der Waals surface area contributed by atoms with Crippen LogP contribution in [0.5, 0.6) is 5.75 Å². The molecule has 2 aromatic rings. The van der Waals surface area contributed by atoms with Gasteiger partial charge in [0.05, 0.1) is 10.6 Å². The SMILES string of the molecule is CN(c1nc2c(s1)-c1ccc(Cl)cc1OC2)C1CCN(C(=O)OC(C)(C)C)C(C)(C)C1. The van der Waals surface area contributed by atoms with Crippen LogP contribution < -0.4 is 9.64 Å². The van der Waals surface area contributed by atoms with Gasteiger partial charge in [-0.1, -0.05) is 22.9 Å². The number of nitrogens with zero attached hydrogens (tertiary/aromatic N) is 3. The lowest BCUT2D eigenvalue weighted by atomic mass is 9.87. The van der Waals surface area contributed by atoms with Crippen molar-refractivity contribution in [3.8, 4) is 16.2 Å². The Morgan fingerprint density at radius 3 is 2.81 bits per heavy atom. The lowest BCUT2D eigenvalue weighted by Crippen LogP contribution is -2.57. The molecule has 1 aromatic heterocycles. The first-order valence-corrected chi connectivity index (χ1v) is 11.8. The van der Waals surface area contributed by atoms with E-state index in [1.54, 1.807) is 11.3 Å². The summed E-state index contributed by atoms with van der Waals surface area (Å²) in [5.41, 5.74) is 1.21. The molecule has 1 unspecified atom stereocenters. The fourth-order valence-corrected chi connectivity index (χ4v) is 5.55. The fourth-order valence-electron chi connectivity index (χ4n) is 4.26. The van der Waals surface area contributed by atoms with Crippen LogP contribution in [0, 0.1) is 0 Å². The molecule has 1 atom stereocenters. The highest BCUT2D eigenvalue weighted by atomic mass is 35.5. The van der Waals surface area contributed by atoms with Crippen LogP contribution in [-0.4, -0.2) is 46.8 Å². The van der Waals surface area contributed by atoms with Gasteiger partial charge in [-0.15, -0.1) is 0 Å². The highest BCUT2D eigenvalue weighted by molar-refractivity contribution is 7.19. The van der Waals surface area contributed by atoms with Gasteiger partial charge in [0.25, 0.3) is 0 Å². The van der Waals surface area contributed by atoms with Gasteiger partial charge in [0.1, 0.15) is 18.0 Å². The number of aromatic nitrogens is 1.